The zero-order valence-corrected chi connectivity index (χ0v) is 18.7. The summed E-state index contributed by atoms with van der Waals surface area (Å²) in [6.07, 6.45) is -0.881. The van der Waals surface area contributed by atoms with Gasteiger partial charge in [-0.3, -0.25) is 0 Å². The second-order valence-electron chi connectivity index (χ2n) is 7.93. The van der Waals surface area contributed by atoms with Crippen molar-refractivity contribution in [1.82, 2.24) is 5.32 Å². The number of hydrogen-bond donors (Lipinski definition) is 1. The highest BCUT2D eigenvalue weighted by Gasteiger charge is 2.20. The summed E-state index contributed by atoms with van der Waals surface area (Å²) < 4.78 is 21.0. The van der Waals surface area contributed by atoms with Crippen LogP contribution in [0.15, 0.2) is 48.5 Å². The Morgan fingerprint density at radius 2 is 1.81 bits per heavy atom. The summed E-state index contributed by atoms with van der Waals surface area (Å²) in [7, 11) is 0. The molecule has 2 rings (SSSR count). The number of benzene rings is 2. The maximum atomic E-state index is 12.3. The molecule has 8 nitrogen and oxygen atoms in total. The van der Waals surface area contributed by atoms with Crippen LogP contribution in [0.3, 0.4) is 0 Å². The van der Waals surface area contributed by atoms with Crippen LogP contribution in [0, 0.1) is 11.3 Å². The number of alkyl carbamates (subject to hydrolysis) is 1. The number of rotatable bonds is 8. The average molecular weight is 440 g/mol. The molecule has 2 aromatic carbocycles. The molecule has 0 heterocycles. The molecule has 0 aliphatic carbocycles. The summed E-state index contributed by atoms with van der Waals surface area (Å²) in [6.45, 7) is 7.44. The van der Waals surface area contributed by atoms with Crippen molar-refractivity contribution in [2.75, 3.05) is 13.2 Å². The Kier molecular flexibility index (Phi) is 8.90. The van der Waals surface area contributed by atoms with Crippen LogP contribution in [0.4, 0.5) is 9.59 Å². The van der Waals surface area contributed by atoms with Crippen molar-refractivity contribution in [1.29, 1.82) is 5.26 Å². The molecule has 1 atom stereocenters. The summed E-state index contributed by atoms with van der Waals surface area (Å²) in [5.41, 5.74) is 0.732. The van der Waals surface area contributed by atoms with Crippen LogP contribution in [0.25, 0.3) is 0 Å². The van der Waals surface area contributed by atoms with E-state index >= 15 is 0 Å². The molecule has 1 N–H and O–H groups in total. The highest BCUT2D eigenvalue weighted by molar-refractivity contribution is 5.68. The van der Waals surface area contributed by atoms with E-state index in [9.17, 15) is 9.59 Å². The molecular weight excluding hydrogens is 412 g/mol. The molecule has 0 aromatic heterocycles. The first-order valence-corrected chi connectivity index (χ1v) is 10.2. The third-order valence-corrected chi connectivity index (χ3v) is 4.00. The van der Waals surface area contributed by atoms with Crippen LogP contribution in [0.5, 0.6) is 11.5 Å². The Hall–Kier alpha value is -3.73. The van der Waals surface area contributed by atoms with Gasteiger partial charge in [0.15, 0.2) is 0 Å². The molecule has 0 saturated heterocycles. The van der Waals surface area contributed by atoms with Gasteiger partial charge in [-0.2, -0.15) is 5.26 Å². The Morgan fingerprint density at radius 3 is 2.44 bits per heavy atom. The lowest BCUT2D eigenvalue weighted by atomic mass is 10.1. The smallest absolute Gasteiger partial charge is 0.491 e. The normalized spacial score (nSPS) is 11.6. The van der Waals surface area contributed by atoms with E-state index in [1.807, 2.05) is 0 Å². The van der Waals surface area contributed by atoms with E-state index in [0.717, 1.165) is 5.56 Å². The molecular formula is C24H28N2O6. The van der Waals surface area contributed by atoms with Crippen molar-refractivity contribution in [2.45, 2.75) is 45.8 Å². The van der Waals surface area contributed by atoms with Gasteiger partial charge in [-0.25, -0.2) is 9.59 Å². The summed E-state index contributed by atoms with van der Waals surface area (Å²) in [5, 5.41) is 11.9. The van der Waals surface area contributed by atoms with E-state index in [2.05, 4.69) is 11.4 Å². The van der Waals surface area contributed by atoms with Crippen LogP contribution < -0.4 is 14.8 Å². The molecule has 0 aliphatic heterocycles. The van der Waals surface area contributed by atoms with Gasteiger partial charge in [0, 0.05) is 0 Å². The maximum absolute atomic E-state index is 12.3. The quantitative estimate of drug-likeness (QED) is 0.472. The fourth-order valence-corrected chi connectivity index (χ4v) is 2.70. The Morgan fingerprint density at radius 1 is 1.09 bits per heavy atom. The minimum atomic E-state index is -0.766. The van der Waals surface area contributed by atoms with Crippen molar-refractivity contribution >= 4 is 12.2 Å². The summed E-state index contributed by atoms with van der Waals surface area (Å²) in [4.78, 5) is 23.7. The SMILES string of the molecule is CCOC(=O)Oc1ccc(C[C@H](COc2cccc(C#N)c2)NC(=O)OC(C)(C)C)cc1. The van der Waals surface area contributed by atoms with Crippen molar-refractivity contribution < 1.29 is 28.5 Å². The number of amides is 1. The van der Waals surface area contributed by atoms with E-state index < -0.39 is 23.9 Å². The second kappa shape index (κ2) is 11.6. The fourth-order valence-electron chi connectivity index (χ4n) is 2.70. The molecule has 0 saturated carbocycles. The maximum Gasteiger partial charge on any atom is 0.513 e. The highest BCUT2D eigenvalue weighted by atomic mass is 16.7. The van der Waals surface area contributed by atoms with Gasteiger partial charge in [-0.1, -0.05) is 18.2 Å². The first kappa shape index (κ1) is 24.5. The third kappa shape index (κ3) is 8.96. The van der Waals surface area contributed by atoms with Gasteiger partial charge in [0.25, 0.3) is 0 Å². The van der Waals surface area contributed by atoms with E-state index in [4.69, 9.17) is 24.2 Å². The lowest BCUT2D eigenvalue weighted by Gasteiger charge is -2.24. The van der Waals surface area contributed by atoms with Gasteiger partial charge in [-0.05, 0) is 70.0 Å². The van der Waals surface area contributed by atoms with Crippen molar-refractivity contribution in [3.05, 3.63) is 59.7 Å². The predicted molar refractivity (Wildman–Crippen MR) is 118 cm³/mol. The molecule has 0 fully saturated rings. The van der Waals surface area contributed by atoms with Gasteiger partial charge in [-0.15, -0.1) is 0 Å². The van der Waals surface area contributed by atoms with Gasteiger partial charge < -0.3 is 24.3 Å². The summed E-state index contributed by atoms with van der Waals surface area (Å²) >= 11 is 0. The number of hydrogen-bond acceptors (Lipinski definition) is 7. The van der Waals surface area contributed by atoms with Gasteiger partial charge in [0.1, 0.15) is 23.7 Å². The standard InChI is InChI=1S/C24H28N2O6/c1-5-29-23(28)31-20-11-9-17(10-12-20)13-19(26-22(27)32-24(2,3)4)16-30-21-8-6-7-18(14-21)15-25/h6-12,14,19H,5,13,16H2,1-4H3,(H,26,27)/t19-/m1/s1. The minimum Gasteiger partial charge on any atom is -0.491 e. The summed E-state index contributed by atoms with van der Waals surface area (Å²) in [5.74, 6) is 0.881. The Balaban J connectivity index is 2.06. The molecule has 8 heteroatoms. The molecule has 0 spiro atoms. The number of nitriles is 1. The zero-order chi connectivity index (χ0) is 23.6. The van der Waals surface area contributed by atoms with Crippen LogP contribution in [0.2, 0.25) is 0 Å². The largest absolute Gasteiger partial charge is 0.513 e. The molecule has 1 amide bonds. The third-order valence-electron chi connectivity index (χ3n) is 4.00. The Bertz CT molecular complexity index is 944. The minimum absolute atomic E-state index is 0.162. The van der Waals surface area contributed by atoms with E-state index in [0.29, 0.717) is 23.5 Å². The van der Waals surface area contributed by atoms with Crippen molar-refractivity contribution in [3.8, 4) is 17.6 Å². The van der Waals surface area contributed by atoms with Gasteiger partial charge in [0.05, 0.1) is 24.3 Å². The molecule has 2 aromatic rings. The van der Waals surface area contributed by atoms with E-state index in [-0.39, 0.29) is 13.2 Å². The monoisotopic (exact) mass is 440 g/mol. The second-order valence-corrected chi connectivity index (χ2v) is 7.93. The van der Waals surface area contributed by atoms with Crippen molar-refractivity contribution in [2.24, 2.45) is 0 Å². The zero-order valence-electron chi connectivity index (χ0n) is 18.7. The van der Waals surface area contributed by atoms with E-state index in [1.54, 1.807) is 76.2 Å². The summed E-state index contributed by atoms with van der Waals surface area (Å²) in [6, 6.07) is 15.3. The van der Waals surface area contributed by atoms with Gasteiger partial charge >= 0.3 is 12.2 Å². The lowest BCUT2D eigenvalue weighted by molar-refractivity contribution is 0.0487. The number of carbonyl (C=O) groups is 2. The first-order chi connectivity index (χ1) is 15.2. The van der Waals surface area contributed by atoms with Crippen LogP contribution in [-0.2, 0) is 15.9 Å². The van der Waals surface area contributed by atoms with Crippen LogP contribution >= 0.6 is 0 Å². The molecule has 0 aliphatic rings. The Labute approximate surface area is 188 Å². The predicted octanol–water partition coefficient (Wildman–Crippen LogP) is 4.61. The average Bonchev–Trinajstić information content (AvgIpc) is 2.72. The number of ether oxygens (including phenoxy) is 4. The van der Waals surface area contributed by atoms with Crippen LogP contribution in [-0.4, -0.2) is 37.1 Å². The fraction of sp³-hybridized carbons (Fsp3) is 0.375. The molecule has 170 valence electrons. The first-order valence-electron chi connectivity index (χ1n) is 10.2. The van der Waals surface area contributed by atoms with Crippen molar-refractivity contribution in [3.63, 3.8) is 0 Å². The number of nitrogens with one attached hydrogen (secondary N) is 1. The molecule has 32 heavy (non-hydrogen) atoms. The topological polar surface area (TPSA) is 107 Å². The van der Waals surface area contributed by atoms with Crippen LogP contribution in [0.1, 0.15) is 38.8 Å². The van der Waals surface area contributed by atoms with Gasteiger partial charge in [0.2, 0.25) is 0 Å². The highest BCUT2D eigenvalue weighted by Crippen LogP contribution is 2.17. The lowest BCUT2D eigenvalue weighted by Crippen LogP contribution is -2.43. The molecule has 0 bridgehead atoms. The molecule has 0 radical (unpaired) electrons. The van der Waals surface area contributed by atoms with E-state index in [1.165, 1.54) is 0 Å². The number of nitrogens with zero attached hydrogens (tertiary/aromatic N) is 1. The molecule has 0 unspecified atom stereocenters. The number of carbonyl (C=O) groups excluding carboxylic acids is 2.